The van der Waals surface area contributed by atoms with E-state index in [1.165, 1.54) is 12.1 Å². The minimum Gasteiger partial charge on any atom is -0.456 e. The van der Waals surface area contributed by atoms with Crippen molar-refractivity contribution in [1.29, 1.82) is 0 Å². The van der Waals surface area contributed by atoms with E-state index in [4.69, 9.17) is 9.15 Å². The van der Waals surface area contributed by atoms with Crippen molar-refractivity contribution in [3.05, 3.63) is 33.9 Å². The minimum atomic E-state index is -0.484. The molecule has 3 heterocycles. The van der Waals surface area contributed by atoms with Gasteiger partial charge < -0.3 is 19.0 Å². The van der Waals surface area contributed by atoms with Gasteiger partial charge >= 0.3 is 0 Å². The summed E-state index contributed by atoms with van der Waals surface area (Å²) >= 11 is 0. The molecule has 0 bridgehead atoms. The number of aryl methyl sites for hydroxylation is 1. The summed E-state index contributed by atoms with van der Waals surface area (Å²) in [5.74, 6) is 0.351. The van der Waals surface area contributed by atoms with Crippen molar-refractivity contribution in [3.8, 4) is 0 Å². The first-order chi connectivity index (χ1) is 12.9. The molecule has 2 saturated heterocycles. The van der Waals surface area contributed by atoms with Crippen LogP contribution in [0.15, 0.2) is 21.3 Å². The lowest BCUT2D eigenvalue weighted by molar-refractivity contribution is -0.135. The van der Waals surface area contributed by atoms with Crippen molar-refractivity contribution < 1.29 is 18.7 Å². The second-order valence-corrected chi connectivity index (χ2v) is 7.50. The Bertz CT molecular complexity index is 749. The number of carbonyl (C=O) groups excluding carboxylic acids is 2. The van der Waals surface area contributed by atoms with Gasteiger partial charge in [0.15, 0.2) is 11.2 Å². The predicted molar refractivity (Wildman–Crippen MR) is 99.6 cm³/mol. The molecule has 1 aromatic rings. The third kappa shape index (κ3) is 4.58. The molecule has 0 saturated carbocycles. The molecular formula is C20H28N2O5. The van der Waals surface area contributed by atoms with E-state index in [0.29, 0.717) is 51.3 Å². The lowest BCUT2D eigenvalue weighted by Gasteiger charge is -2.40. The van der Waals surface area contributed by atoms with Gasteiger partial charge in [0.2, 0.25) is 5.91 Å². The van der Waals surface area contributed by atoms with Crippen molar-refractivity contribution in [2.75, 3.05) is 32.8 Å². The number of ether oxygens (including phenoxy) is 1. The van der Waals surface area contributed by atoms with E-state index in [-0.39, 0.29) is 23.0 Å². The van der Waals surface area contributed by atoms with Gasteiger partial charge in [-0.25, -0.2) is 0 Å². The number of rotatable bonds is 4. The summed E-state index contributed by atoms with van der Waals surface area (Å²) in [5.41, 5.74) is -0.720. The highest BCUT2D eigenvalue weighted by Gasteiger charge is 2.41. The van der Waals surface area contributed by atoms with Crippen LogP contribution in [0.4, 0.5) is 0 Å². The summed E-state index contributed by atoms with van der Waals surface area (Å²) in [4.78, 5) is 40.5. The Hall–Kier alpha value is -2.15. The molecule has 1 aromatic heterocycles. The zero-order valence-electron chi connectivity index (χ0n) is 16.2. The average molecular weight is 376 g/mol. The van der Waals surface area contributed by atoms with Gasteiger partial charge in [0.25, 0.3) is 5.91 Å². The van der Waals surface area contributed by atoms with Gasteiger partial charge in [-0.15, -0.1) is 0 Å². The van der Waals surface area contributed by atoms with Crippen LogP contribution in [0.5, 0.6) is 0 Å². The molecule has 148 valence electrons. The monoisotopic (exact) mass is 376 g/mol. The van der Waals surface area contributed by atoms with E-state index in [9.17, 15) is 14.4 Å². The van der Waals surface area contributed by atoms with E-state index in [1.807, 2.05) is 4.90 Å². The molecule has 7 nitrogen and oxygen atoms in total. The third-order valence-corrected chi connectivity index (χ3v) is 5.44. The van der Waals surface area contributed by atoms with Crippen LogP contribution in [0.1, 0.15) is 55.3 Å². The third-order valence-electron chi connectivity index (χ3n) is 5.44. The fraction of sp³-hybridized carbons (Fsp3) is 0.650. The van der Waals surface area contributed by atoms with Gasteiger partial charge in [0.05, 0.1) is 18.6 Å². The van der Waals surface area contributed by atoms with Crippen molar-refractivity contribution in [2.45, 2.75) is 51.6 Å². The molecule has 2 fully saturated rings. The van der Waals surface area contributed by atoms with Crippen LogP contribution in [0.25, 0.3) is 0 Å². The second kappa shape index (κ2) is 8.25. The maximum absolute atomic E-state index is 12.7. The highest BCUT2D eigenvalue weighted by Crippen LogP contribution is 2.33. The van der Waals surface area contributed by atoms with Crippen molar-refractivity contribution in [3.63, 3.8) is 0 Å². The molecule has 1 spiro atoms. The standard InChI is InChI=1S/C20H28N2O5/c1-3-4-7-21-10-11-26-20(14-18(21)24)5-8-22(9-6-20)19(25)17-13-16(23)12-15(2)27-17/h12-13H,3-11,14H2,1-2H3. The van der Waals surface area contributed by atoms with Gasteiger partial charge in [-0.1, -0.05) is 13.3 Å². The van der Waals surface area contributed by atoms with E-state index in [1.54, 1.807) is 11.8 Å². The Labute approximate surface area is 159 Å². The minimum absolute atomic E-state index is 0.0690. The summed E-state index contributed by atoms with van der Waals surface area (Å²) < 4.78 is 11.5. The first kappa shape index (κ1) is 19.6. The highest BCUT2D eigenvalue weighted by molar-refractivity contribution is 5.91. The van der Waals surface area contributed by atoms with Gasteiger partial charge in [-0.05, 0) is 26.2 Å². The number of piperidine rings is 1. The molecule has 2 aliphatic rings. The molecule has 2 aliphatic heterocycles. The van der Waals surface area contributed by atoms with Gasteiger partial charge in [-0.3, -0.25) is 14.4 Å². The Balaban J connectivity index is 1.63. The largest absolute Gasteiger partial charge is 0.456 e. The van der Waals surface area contributed by atoms with Crippen LogP contribution in [-0.2, 0) is 9.53 Å². The first-order valence-electron chi connectivity index (χ1n) is 9.75. The van der Waals surface area contributed by atoms with E-state index in [2.05, 4.69) is 6.92 Å². The van der Waals surface area contributed by atoms with Crippen molar-refractivity contribution in [2.24, 2.45) is 0 Å². The molecular weight excluding hydrogens is 348 g/mol. The Morgan fingerprint density at radius 1 is 1.19 bits per heavy atom. The van der Waals surface area contributed by atoms with Crippen molar-refractivity contribution in [1.82, 2.24) is 9.80 Å². The maximum atomic E-state index is 12.7. The van der Waals surface area contributed by atoms with Gasteiger partial charge in [-0.2, -0.15) is 0 Å². The highest BCUT2D eigenvalue weighted by atomic mass is 16.5. The fourth-order valence-electron chi connectivity index (χ4n) is 3.82. The number of likely N-dealkylation sites (tertiary alicyclic amines) is 1. The lowest BCUT2D eigenvalue weighted by Crippen LogP contribution is -2.49. The summed E-state index contributed by atoms with van der Waals surface area (Å²) in [7, 11) is 0. The van der Waals surface area contributed by atoms with Crippen LogP contribution < -0.4 is 5.43 Å². The number of hydrogen-bond acceptors (Lipinski definition) is 5. The summed E-state index contributed by atoms with van der Waals surface area (Å²) in [6.07, 6.45) is 3.66. The molecule has 0 unspecified atom stereocenters. The molecule has 2 amide bonds. The van der Waals surface area contributed by atoms with Gasteiger partial charge in [0, 0.05) is 38.3 Å². The molecule has 3 rings (SSSR count). The molecule has 0 atom stereocenters. The van der Waals surface area contributed by atoms with Crippen LogP contribution in [-0.4, -0.2) is 60.0 Å². The number of amides is 2. The number of nitrogens with zero attached hydrogens (tertiary/aromatic N) is 2. The fourth-order valence-corrected chi connectivity index (χ4v) is 3.82. The Kier molecular flexibility index (Phi) is 5.99. The maximum Gasteiger partial charge on any atom is 0.289 e. The zero-order valence-corrected chi connectivity index (χ0v) is 16.2. The summed E-state index contributed by atoms with van der Waals surface area (Å²) in [6.45, 7) is 6.69. The summed E-state index contributed by atoms with van der Waals surface area (Å²) in [6, 6.07) is 2.59. The molecule has 0 radical (unpaired) electrons. The second-order valence-electron chi connectivity index (χ2n) is 7.50. The Morgan fingerprint density at radius 3 is 2.59 bits per heavy atom. The van der Waals surface area contributed by atoms with Crippen molar-refractivity contribution >= 4 is 11.8 Å². The number of carbonyl (C=O) groups is 2. The predicted octanol–water partition coefficient (Wildman–Crippen LogP) is 1.97. The quantitative estimate of drug-likeness (QED) is 0.803. The van der Waals surface area contributed by atoms with Crippen LogP contribution in [0.3, 0.4) is 0 Å². The van der Waals surface area contributed by atoms with E-state index in [0.717, 1.165) is 19.4 Å². The SMILES string of the molecule is CCCCN1CCOC2(CCN(C(=O)c3cc(=O)cc(C)o3)CC2)CC1=O. The molecule has 0 aliphatic carbocycles. The number of hydrogen-bond donors (Lipinski definition) is 0. The van der Waals surface area contributed by atoms with Crippen LogP contribution in [0, 0.1) is 6.92 Å². The molecule has 0 aromatic carbocycles. The Morgan fingerprint density at radius 2 is 1.93 bits per heavy atom. The molecule has 27 heavy (non-hydrogen) atoms. The summed E-state index contributed by atoms with van der Waals surface area (Å²) in [5, 5.41) is 0. The zero-order chi connectivity index (χ0) is 19.4. The van der Waals surface area contributed by atoms with Crippen LogP contribution >= 0.6 is 0 Å². The van der Waals surface area contributed by atoms with E-state index >= 15 is 0 Å². The topological polar surface area (TPSA) is 80.1 Å². The smallest absolute Gasteiger partial charge is 0.289 e. The number of unbranched alkanes of at least 4 members (excludes halogenated alkanes) is 1. The van der Waals surface area contributed by atoms with Crippen LogP contribution in [0.2, 0.25) is 0 Å². The first-order valence-corrected chi connectivity index (χ1v) is 9.75. The average Bonchev–Trinajstić information content (AvgIpc) is 2.78. The lowest BCUT2D eigenvalue weighted by atomic mass is 9.87. The van der Waals surface area contributed by atoms with E-state index < -0.39 is 5.60 Å². The molecule has 0 N–H and O–H groups in total. The normalized spacial score (nSPS) is 20.0. The van der Waals surface area contributed by atoms with Gasteiger partial charge in [0.1, 0.15) is 5.76 Å². The molecule has 7 heteroatoms.